The van der Waals surface area contributed by atoms with E-state index in [-0.39, 0.29) is 18.0 Å². The van der Waals surface area contributed by atoms with E-state index in [1.54, 1.807) is 30.3 Å². The van der Waals surface area contributed by atoms with E-state index in [9.17, 15) is 9.59 Å². The summed E-state index contributed by atoms with van der Waals surface area (Å²) in [5, 5.41) is 18.1. The van der Waals surface area contributed by atoms with E-state index in [4.69, 9.17) is 4.74 Å². The molecule has 4 aromatic rings. The van der Waals surface area contributed by atoms with E-state index < -0.39 is 0 Å². The zero-order chi connectivity index (χ0) is 21.6. The third kappa shape index (κ3) is 4.81. The first-order valence-corrected chi connectivity index (χ1v) is 9.57. The van der Waals surface area contributed by atoms with Gasteiger partial charge in [-0.15, -0.1) is 5.10 Å². The van der Waals surface area contributed by atoms with Gasteiger partial charge in [-0.1, -0.05) is 0 Å². The summed E-state index contributed by atoms with van der Waals surface area (Å²) in [5.41, 5.74) is 2.37. The molecule has 0 spiro atoms. The number of amides is 1. The number of anilines is 1. The van der Waals surface area contributed by atoms with Crippen LogP contribution in [0.25, 0.3) is 16.9 Å². The lowest BCUT2D eigenvalue weighted by Gasteiger charge is -2.09. The summed E-state index contributed by atoms with van der Waals surface area (Å²) in [6.07, 6.45) is 1.48. The van der Waals surface area contributed by atoms with Gasteiger partial charge in [-0.05, 0) is 71.9 Å². The summed E-state index contributed by atoms with van der Waals surface area (Å²) in [6, 6.07) is 17.4. The fourth-order valence-electron chi connectivity index (χ4n) is 2.92. The van der Waals surface area contributed by atoms with E-state index in [2.05, 4.69) is 25.9 Å². The first kappa shape index (κ1) is 20.0. The van der Waals surface area contributed by atoms with Crippen LogP contribution in [0.3, 0.4) is 0 Å². The molecule has 0 saturated heterocycles. The molecule has 156 valence electrons. The Morgan fingerprint density at radius 1 is 1.03 bits per heavy atom. The molecule has 1 amide bonds. The summed E-state index contributed by atoms with van der Waals surface area (Å²) in [5.74, 6) is 0.388. The lowest BCUT2D eigenvalue weighted by molar-refractivity contribution is -0.117. The van der Waals surface area contributed by atoms with Crippen LogP contribution < -0.4 is 15.6 Å². The molecule has 0 unspecified atom stereocenters. The number of nitrogens with zero attached hydrogens (tertiary/aromatic N) is 6. The number of carbonyl (C=O) groups excluding carboxylic acids is 1. The maximum Gasteiger partial charge on any atom is 0.267 e. The van der Waals surface area contributed by atoms with Crippen molar-refractivity contribution in [3.05, 3.63) is 77.3 Å². The molecule has 0 atom stereocenters. The van der Waals surface area contributed by atoms with Crippen LogP contribution in [0.4, 0.5) is 5.69 Å². The average molecular weight is 417 g/mol. The molecule has 0 aliphatic carbocycles. The second-order valence-corrected chi connectivity index (χ2v) is 6.52. The van der Waals surface area contributed by atoms with Crippen molar-refractivity contribution in [3.63, 3.8) is 0 Å². The van der Waals surface area contributed by atoms with Crippen molar-refractivity contribution in [2.24, 2.45) is 0 Å². The largest absolute Gasteiger partial charge is 0.494 e. The van der Waals surface area contributed by atoms with Gasteiger partial charge < -0.3 is 10.1 Å². The monoisotopic (exact) mass is 417 g/mol. The Morgan fingerprint density at radius 2 is 1.81 bits per heavy atom. The molecule has 0 fully saturated rings. The summed E-state index contributed by atoms with van der Waals surface area (Å²) in [4.78, 5) is 24.6. The first-order chi connectivity index (χ1) is 15.1. The lowest BCUT2D eigenvalue weighted by Crippen LogP contribution is -2.29. The van der Waals surface area contributed by atoms with Gasteiger partial charge in [0.25, 0.3) is 5.56 Å². The van der Waals surface area contributed by atoms with Crippen LogP contribution >= 0.6 is 0 Å². The Balaban J connectivity index is 1.45. The predicted molar refractivity (Wildman–Crippen MR) is 113 cm³/mol. The summed E-state index contributed by atoms with van der Waals surface area (Å²) < 4.78 is 8.07. The van der Waals surface area contributed by atoms with Crippen LogP contribution in [-0.4, -0.2) is 42.5 Å². The highest BCUT2D eigenvalue weighted by Gasteiger charge is 2.09. The molecule has 1 N–H and O–H groups in total. The third-order valence-corrected chi connectivity index (χ3v) is 4.39. The van der Waals surface area contributed by atoms with Gasteiger partial charge in [0.05, 0.1) is 18.0 Å². The minimum Gasteiger partial charge on any atom is -0.494 e. The molecular formula is C21H19N7O3. The van der Waals surface area contributed by atoms with Crippen LogP contribution in [-0.2, 0) is 11.3 Å². The molecule has 4 rings (SSSR count). The van der Waals surface area contributed by atoms with Gasteiger partial charge >= 0.3 is 0 Å². The van der Waals surface area contributed by atoms with Crippen molar-refractivity contribution in [1.29, 1.82) is 0 Å². The fraction of sp³-hybridized carbons (Fsp3) is 0.143. The molecule has 0 bridgehead atoms. The molecule has 2 heterocycles. The summed E-state index contributed by atoms with van der Waals surface area (Å²) >= 11 is 0. The van der Waals surface area contributed by atoms with E-state index in [1.807, 2.05) is 31.2 Å². The van der Waals surface area contributed by atoms with Crippen LogP contribution in [0, 0.1) is 0 Å². The third-order valence-electron chi connectivity index (χ3n) is 4.39. The zero-order valence-electron chi connectivity index (χ0n) is 16.7. The molecule has 0 aliphatic heterocycles. The molecule has 0 radical (unpaired) electrons. The van der Waals surface area contributed by atoms with Crippen LogP contribution in [0.2, 0.25) is 0 Å². The second kappa shape index (κ2) is 8.99. The highest BCUT2D eigenvalue weighted by atomic mass is 16.5. The Bertz CT molecular complexity index is 1220. The zero-order valence-corrected chi connectivity index (χ0v) is 16.7. The quantitative estimate of drug-likeness (QED) is 0.488. The van der Waals surface area contributed by atoms with Crippen LogP contribution in [0.15, 0.2) is 71.8 Å². The molecule has 31 heavy (non-hydrogen) atoms. The molecule has 0 saturated carbocycles. The van der Waals surface area contributed by atoms with Gasteiger partial charge in [-0.3, -0.25) is 9.59 Å². The van der Waals surface area contributed by atoms with Crippen molar-refractivity contribution < 1.29 is 9.53 Å². The number of aromatic nitrogens is 6. The molecule has 10 nitrogen and oxygen atoms in total. The highest BCUT2D eigenvalue weighted by Crippen LogP contribution is 2.20. The number of nitrogens with one attached hydrogen (secondary N) is 1. The number of hydrogen-bond acceptors (Lipinski definition) is 7. The average Bonchev–Trinajstić information content (AvgIpc) is 3.32. The van der Waals surface area contributed by atoms with Gasteiger partial charge in [0.1, 0.15) is 18.6 Å². The van der Waals surface area contributed by atoms with E-state index >= 15 is 0 Å². The van der Waals surface area contributed by atoms with Gasteiger partial charge in [0, 0.05) is 17.3 Å². The van der Waals surface area contributed by atoms with Gasteiger partial charge in [-0.25, -0.2) is 9.36 Å². The standard InChI is InChI=1S/C21H19N7O3/c1-2-31-18-9-3-15(4-10-18)19-11-12-21(30)27(24-19)13-20(29)23-16-5-7-17(8-6-16)28-14-22-25-26-28/h3-12,14H,2,13H2,1H3,(H,23,29). The minimum atomic E-state index is -0.367. The number of hydrogen-bond donors (Lipinski definition) is 1. The smallest absolute Gasteiger partial charge is 0.267 e. The van der Waals surface area contributed by atoms with Crippen molar-refractivity contribution in [2.45, 2.75) is 13.5 Å². The van der Waals surface area contributed by atoms with Gasteiger partial charge in [0.15, 0.2) is 0 Å². The number of rotatable bonds is 7. The maximum atomic E-state index is 12.4. The van der Waals surface area contributed by atoms with E-state index in [0.29, 0.717) is 18.0 Å². The Morgan fingerprint density at radius 3 is 2.48 bits per heavy atom. The minimum absolute atomic E-state index is 0.210. The van der Waals surface area contributed by atoms with E-state index in [0.717, 1.165) is 21.7 Å². The first-order valence-electron chi connectivity index (χ1n) is 9.57. The Kier molecular flexibility index (Phi) is 5.79. The van der Waals surface area contributed by atoms with Gasteiger partial charge in [-0.2, -0.15) is 5.10 Å². The molecule has 2 aromatic carbocycles. The second-order valence-electron chi connectivity index (χ2n) is 6.52. The number of carbonyl (C=O) groups is 1. The molecule has 2 aromatic heterocycles. The topological polar surface area (TPSA) is 117 Å². The molecule has 0 aliphatic rings. The SMILES string of the molecule is CCOc1ccc(-c2ccc(=O)n(CC(=O)Nc3ccc(-n4cnnn4)cc3)n2)cc1. The maximum absolute atomic E-state index is 12.4. The summed E-state index contributed by atoms with van der Waals surface area (Å²) in [6.45, 7) is 2.29. The number of benzene rings is 2. The fourth-order valence-corrected chi connectivity index (χ4v) is 2.92. The van der Waals surface area contributed by atoms with E-state index in [1.165, 1.54) is 17.1 Å². The van der Waals surface area contributed by atoms with Gasteiger partial charge in [0.2, 0.25) is 5.91 Å². The Labute approximate surface area is 177 Å². The Hall–Kier alpha value is -4.34. The molecular weight excluding hydrogens is 398 g/mol. The normalized spacial score (nSPS) is 10.6. The van der Waals surface area contributed by atoms with Crippen molar-refractivity contribution in [2.75, 3.05) is 11.9 Å². The van der Waals surface area contributed by atoms with Crippen LogP contribution in [0.1, 0.15) is 6.92 Å². The number of ether oxygens (including phenoxy) is 1. The van der Waals surface area contributed by atoms with Crippen molar-refractivity contribution >= 4 is 11.6 Å². The van der Waals surface area contributed by atoms with Crippen molar-refractivity contribution in [1.82, 2.24) is 30.0 Å². The number of tetrazole rings is 1. The lowest BCUT2D eigenvalue weighted by atomic mass is 10.1. The molecule has 10 heteroatoms. The summed E-state index contributed by atoms with van der Waals surface area (Å²) in [7, 11) is 0. The van der Waals surface area contributed by atoms with Crippen LogP contribution in [0.5, 0.6) is 5.75 Å². The highest BCUT2D eigenvalue weighted by molar-refractivity contribution is 5.90. The van der Waals surface area contributed by atoms with Crippen molar-refractivity contribution in [3.8, 4) is 22.7 Å². The predicted octanol–water partition coefficient (Wildman–Crippen LogP) is 1.92.